The summed E-state index contributed by atoms with van der Waals surface area (Å²) >= 11 is 0. The topological polar surface area (TPSA) is 96.7 Å². The van der Waals surface area contributed by atoms with Gasteiger partial charge in [-0.05, 0) is 25.1 Å². The Morgan fingerprint density at radius 3 is 2.84 bits per heavy atom. The van der Waals surface area contributed by atoms with Gasteiger partial charge >= 0.3 is 0 Å². The molecular weight excluding hydrogens is 394 g/mol. The van der Waals surface area contributed by atoms with Crippen LogP contribution in [0.4, 0.5) is 11.4 Å². The van der Waals surface area contributed by atoms with Crippen molar-refractivity contribution in [1.82, 2.24) is 24.9 Å². The van der Waals surface area contributed by atoms with Gasteiger partial charge in [-0.3, -0.25) is 4.79 Å². The maximum atomic E-state index is 13.2. The number of carbonyl (C=O) groups is 1. The van der Waals surface area contributed by atoms with Crippen molar-refractivity contribution in [2.45, 2.75) is 6.92 Å². The van der Waals surface area contributed by atoms with Gasteiger partial charge in [0, 0.05) is 55.7 Å². The van der Waals surface area contributed by atoms with Gasteiger partial charge in [0.15, 0.2) is 11.4 Å². The van der Waals surface area contributed by atoms with E-state index < -0.39 is 0 Å². The van der Waals surface area contributed by atoms with Crippen LogP contribution in [-0.4, -0.2) is 58.8 Å². The van der Waals surface area contributed by atoms with E-state index in [9.17, 15) is 4.79 Å². The Hall–Kier alpha value is -3.72. The van der Waals surface area contributed by atoms with Crippen LogP contribution in [0.15, 0.2) is 42.9 Å². The second-order valence-electron chi connectivity index (χ2n) is 7.53. The molecule has 9 heteroatoms. The number of pyridine rings is 1. The van der Waals surface area contributed by atoms with Crippen LogP contribution >= 0.6 is 0 Å². The van der Waals surface area contributed by atoms with Gasteiger partial charge in [-0.1, -0.05) is 0 Å². The lowest BCUT2D eigenvalue weighted by Crippen LogP contribution is -2.43. The van der Waals surface area contributed by atoms with E-state index in [4.69, 9.17) is 4.74 Å². The molecule has 31 heavy (non-hydrogen) atoms. The Morgan fingerprint density at radius 2 is 2.03 bits per heavy atom. The molecular formula is C22H23N7O2. The molecule has 1 saturated heterocycles. The Morgan fingerprint density at radius 1 is 1.19 bits per heavy atom. The number of amides is 1. The lowest BCUT2D eigenvalue weighted by atomic mass is 10.1. The molecule has 4 aromatic rings. The zero-order valence-electron chi connectivity index (χ0n) is 17.4. The number of aryl methyl sites for hydroxylation is 1. The number of anilines is 2. The van der Waals surface area contributed by atoms with E-state index in [0.29, 0.717) is 28.2 Å². The summed E-state index contributed by atoms with van der Waals surface area (Å²) in [5, 5.41) is 15.6. The molecule has 2 N–H and O–H groups in total. The van der Waals surface area contributed by atoms with Crippen molar-refractivity contribution in [3.63, 3.8) is 0 Å². The smallest absolute Gasteiger partial charge is 0.257 e. The number of piperazine rings is 1. The van der Waals surface area contributed by atoms with E-state index >= 15 is 0 Å². The average Bonchev–Trinajstić information content (AvgIpc) is 3.18. The molecule has 4 heterocycles. The highest BCUT2D eigenvalue weighted by Gasteiger charge is 2.19. The number of fused-ring (bicyclic) bond motifs is 2. The van der Waals surface area contributed by atoms with Crippen LogP contribution in [0.1, 0.15) is 16.1 Å². The molecule has 0 spiro atoms. The van der Waals surface area contributed by atoms with Crippen LogP contribution in [0.5, 0.6) is 5.75 Å². The first kappa shape index (κ1) is 19.3. The number of ether oxygens (including phenoxy) is 1. The molecule has 0 saturated carbocycles. The highest BCUT2D eigenvalue weighted by Crippen LogP contribution is 2.29. The fraction of sp³-hybridized carbons (Fsp3) is 0.273. The summed E-state index contributed by atoms with van der Waals surface area (Å²) < 4.78 is 7.30. The third-order valence-corrected chi connectivity index (χ3v) is 5.48. The standard InChI is InChI=1S/C22H23N7O2/c1-14-12-29-13-15(11-19(31-2)21(29)25-14)26-22(30)17-3-4-18(28-9-7-23-8-10-28)16-5-6-24-27-20(16)17/h3-6,11-13,23H,7-10H2,1-2H3,(H,26,30). The van der Waals surface area contributed by atoms with Gasteiger partial charge in [0.1, 0.15) is 5.52 Å². The SMILES string of the molecule is COc1cc(NC(=O)c2ccc(N3CCNCC3)c3ccnnc23)cn2cc(C)nc12. The Balaban J connectivity index is 1.51. The van der Waals surface area contributed by atoms with Gasteiger partial charge in [0.05, 0.1) is 30.3 Å². The van der Waals surface area contributed by atoms with E-state index in [-0.39, 0.29) is 5.91 Å². The maximum Gasteiger partial charge on any atom is 0.257 e. The minimum absolute atomic E-state index is 0.254. The van der Waals surface area contributed by atoms with Crippen LogP contribution in [0.2, 0.25) is 0 Å². The fourth-order valence-electron chi connectivity index (χ4n) is 4.04. The van der Waals surface area contributed by atoms with Crippen LogP contribution in [-0.2, 0) is 0 Å². The van der Waals surface area contributed by atoms with Crippen molar-refractivity contribution in [2.24, 2.45) is 0 Å². The van der Waals surface area contributed by atoms with Crippen LogP contribution in [0.3, 0.4) is 0 Å². The summed E-state index contributed by atoms with van der Waals surface area (Å²) in [6, 6.07) is 7.50. The molecule has 1 aliphatic heterocycles. The summed E-state index contributed by atoms with van der Waals surface area (Å²) in [6.07, 6.45) is 5.37. The number of methoxy groups -OCH3 is 1. The highest BCUT2D eigenvalue weighted by molar-refractivity contribution is 6.13. The average molecular weight is 417 g/mol. The van der Waals surface area contributed by atoms with Gasteiger partial charge < -0.3 is 24.7 Å². The molecule has 1 amide bonds. The molecule has 1 fully saturated rings. The molecule has 1 aromatic carbocycles. The van der Waals surface area contributed by atoms with Crippen molar-refractivity contribution in [3.8, 4) is 5.75 Å². The van der Waals surface area contributed by atoms with Gasteiger partial charge in [0.25, 0.3) is 5.91 Å². The number of aromatic nitrogens is 4. The fourth-order valence-corrected chi connectivity index (χ4v) is 4.04. The number of imidazole rings is 1. The summed E-state index contributed by atoms with van der Waals surface area (Å²) in [4.78, 5) is 20.0. The lowest BCUT2D eigenvalue weighted by molar-refractivity contribution is 0.102. The second kappa shape index (κ2) is 7.84. The molecule has 0 bridgehead atoms. The predicted octanol–water partition coefficient (Wildman–Crippen LogP) is 2.26. The van der Waals surface area contributed by atoms with E-state index in [2.05, 4.69) is 30.7 Å². The van der Waals surface area contributed by atoms with Crippen molar-refractivity contribution in [3.05, 3.63) is 54.1 Å². The zero-order chi connectivity index (χ0) is 21.4. The number of carbonyl (C=O) groups excluding carboxylic acids is 1. The molecule has 9 nitrogen and oxygen atoms in total. The minimum Gasteiger partial charge on any atom is -0.493 e. The molecule has 0 aliphatic carbocycles. The molecule has 0 radical (unpaired) electrons. The third kappa shape index (κ3) is 3.53. The quantitative estimate of drug-likeness (QED) is 0.526. The first-order valence-electron chi connectivity index (χ1n) is 10.2. The molecule has 0 atom stereocenters. The van der Waals surface area contributed by atoms with Gasteiger partial charge in [0.2, 0.25) is 0 Å². The highest BCUT2D eigenvalue weighted by atomic mass is 16.5. The Kier molecular flexibility index (Phi) is 4.87. The molecule has 3 aromatic heterocycles. The lowest BCUT2D eigenvalue weighted by Gasteiger charge is -2.30. The number of nitrogens with zero attached hydrogens (tertiary/aromatic N) is 5. The number of hydrogen-bond donors (Lipinski definition) is 2. The van der Waals surface area contributed by atoms with Gasteiger partial charge in [-0.15, -0.1) is 5.10 Å². The molecule has 1 aliphatic rings. The van der Waals surface area contributed by atoms with Crippen molar-refractivity contribution in [2.75, 3.05) is 43.5 Å². The summed E-state index contributed by atoms with van der Waals surface area (Å²) in [7, 11) is 1.59. The molecule has 0 unspecified atom stereocenters. The maximum absolute atomic E-state index is 13.2. The monoisotopic (exact) mass is 417 g/mol. The summed E-state index contributed by atoms with van der Waals surface area (Å²) in [5.74, 6) is 0.334. The third-order valence-electron chi connectivity index (χ3n) is 5.48. The van der Waals surface area contributed by atoms with Crippen LogP contribution in [0.25, 0.3) is 16.6 Å². The number of rotatable bonds is 4. The minimum atomic E-state index is -0.254. The summed E-state index contributed by atoms with van der Waals surface area (Å²) in [6.45, 7) is 5.59. The normalized spacial score (nSPS) is 14.2. The number of benzene rings is 1. The largest absolute Gasteiger partial charge is 0.493 e. The molecule has 5 rings (SSSR count). The van der Waals surface area contributed by atoms with Gasteiger partial charge in [-0.25, -0.2) is 4.98 Å². The number of nitrogens with one attached hydrogen (secondary N) is 2. The zero-order valence-corrected chi connectivity index (χ0v) is 17.4. The van der Waals surface area contributed by atoms with Crippen molar-refractivity contribution in [1.29, 1.82) is 0 Å². The molecule has 158 valence electrons. The van der Waals surface area contributed by atoms with Crippen LogP contribution < -0.4 is 20.3 Å². The van der Waals surface area contributed by atoms with Crippen LogP contribution in [0, 0.1) is 6.92 Å². The van der Waals surface area contributed by atoms with Crippen molar-refractivity contribution >= 4 is 33.8 Å². The predicted molar refractivity (Wildman–Crippen MR) is 119 cm³/mol. The van der Waals surface area contributed by atoms with E-state index in [0.717, 1.165) is 42.9 Å². The van der Waals surface area contributed by atoms with Crippen molar-refractivity contribution < 1.29 is 9.53 Å². The van der Waals surface area contributed by atoms with E-state index in [1.165, 1.54) is 0 Å². The Bertz CT molecular complexity index is 1280. The van der Waals surface area contributed by atoms with Gasteiger partial charge in [-0.2, -0.15) is 5.10 Å². The number of hydrogen-bond acceptors (Lipinski definition) is 7. The first-order valence-corrected chi connectivity index (χ1v) is 10.2. The van der Waals surface area contributed by atoms with E-state index in [1.54, 1.807) is 19.4 Å². The Labute approximate surface area is 179 Å². The summed E-state index contributed by atoms with van der Waals surface area (Å²) in [5.41, 5.74) is 4.31. The second-order valence-corrected chi connectivity index (χ2v) is 7.53. The van der Waals surface area contributed by atoms with E-state index in [1.807, 2.05) is 41.9 Å². The first-order chi connectivity index (χ1) is 15.1.